The highest BCUT2D eigenvalue weighted by Gasteiger charge is 2.23. The van der Waals surface area contributed by atoms with Gasteiger partial charge in [-0.2, -0.15) is 5.10 Å². The van der Waals surface area contributed by atoms with Crippen LogP contribution in [0.3, 0.4) is 0 Å². The topological polar surface area (TPSA) is 110 Å². The predicted molar refractivity (Wildman–Crippen MR) is 115 cm³/mol. The third-order valence-corrected chi connectivity index (χ3v) is 5.98. The molecule has 0 saturated carbocycles. The van der Waals surface area contributed by atoms with Crippen LogP contribution < -0.4 is 4.90 Å². The standard InChI is InChI=1S/C21H19FN6O3S/c22-15-6-2-1-5-14(15)13-28-18(16-7-10-31-26-16)11-17(25-28)20-23-12-19(32(29)30)21(24-20)27-8-3-4-9-27/h1-2,5-7,10-12H,3-4,8-9,13H2,(H,29,30). The van der Waals surface area contributed by atoms with Crippen LogP contribution in [-0.2, 0) is 17.6 Å². The van der Waals surface area contributed by atoms with Crippen molar-refractivity contribution in [2.24, 2.45) is 0 Å². The predicted octanol–water partition coefficient (Wildman–Crippen LogP) is 3.36. The summed E-state index contributed by atoms with van der Waals surface area (Å²) in [6, 6.07) is 9.92. The van der Waals surface area contributed by atoms with E-state index < -0.39 is 11.1 Å². The van der Waals surface area contributed by atoms with E-state index in [1.165, 1.54) is 18.5 Å². The molecule has 1 aromatic carbocycles. The van der Waals surface area contributed by atoms with Gasteiger partial charge in [-0.15, -0.1) is 0 Å². The quantitative estimate of drug-likeness (QED) is 0.442. The zero-order chi connectivity index (χ0) is 22.1. The van der Waals surface area contributed by atoms with Gasteiger partial charge >= 0.3 is 0 Å². The summed E-state index contributed by atoms with van der Waals surface area (Å²) in [5, 5.41) is 8.59. The van der Waals surface area contributed by atoms with E-state index in [-0.39, 0.29) is 17.3 Å². The summed E-state index contributed by atoms with van der Waals surface area (Å²) in [7, 11) is 0. The molecule has 4 aromatic rings. The number of aromatic nitrogens is 5. The van der Waals surface area contributed by atoms with E-state index in [0.29, 0.717) is 34.3 Å². The highest BCUT2D eigenvalue weighted by atomic mass is 32.2. The van der Waals surface area contributed by atoms with Crippen molar-refractivity contribution in [1.29, 1.82) is 0 Å². The van der Waals surface area contributed by atoms with Crippen LogP contribution in [0.1, 0.15) is 18.4 Å². The minimum Gasteiger partial charge on any atom is -0.364 e. The van der Waals surface area contributed by atoms with Crippen LogP contribution >= 0.6 is 0 Å². The molecule has 1 saturated heterocycles. The molecule has 0 aliphatic carbocycles. The van der Waals surface area contributed by atoms with Crippen molar-refractivity contribution in [1.82, 2.24) is 24.9 Å². The van der Waals surface area contributed by atoms with Crippen LogP contribution in [0.25, 0.3) is 22.9 Å². The average molecular weight is 454 g/mol. The van der Waals surface area contributed by atoms with Crippen molar-refractivity contribution in [2.45, 2.75) is 24.3 Å². The van der Waals surface area contributed by atoms with Gasteiger partial charge in [0, 0.05) is 24.7 Å². The lowest BCUT2D eigenvalue weighted by Crippen LogP contribution is -2.21. The average Bonchev–Trinajstić information content (AvgIpc) is 3.56. The van der Waals surface area contributed by atoms with Gasteiger partial charge in [0.2, 0.25) is 0 Å². The lowest BCUT2D eigenvalue weighted by atomic mass is 10.2. The lowest BCUT2D eigenvalue weighted by Gasteiger charge is -2.18. The fraction of sp³-hybridized carbons (Fsp3) is 0.238. The molecule has 5 rings (SSSR count). The Morgan fingerprint density at radius 2 is 1.97 bits per heavy atom. The minimum absolute atomic E-state index is 0.165. The van der Waals surface area contributed by atoms with Crippen molar-refractivity contribution in [3.05, 3.63) is 60.2 Å². The van der Waals surface area contributed by atoms with Crippen molar-refractivity contribution >= 4 is 16.9 Å². The fourth-order valence-corrected chi connectivity index (χ4v) is 4.22. The molecular formula is C21H19FN6O3S. The van der Waals surface area contributed by atoms with Gasteiger partial charge in [0.15, 0.2) is 22.7 Å². The van der Waals surface area contributed by atoms with Crippen LogP contribution in [-0.4, -0.2) is 46.8 Å². The zero-order valence-electron chi connectivity index (χ0n) is 16.9. The van der Waals surface area contributed by atoms with Gasteiger partial charge in [-0.1, -0.05) is 23.4 Å². The largest absolute Gasteiger partial charge is 0.364 e. The van der Waals surface area contributed by atoms with Crippen molar-refractivity contribution in [3.8, 4) is 22.9 Å². The first-order valence-corrected chi connectivity index (χ1v) is 11.2. The van der Waals surface area contributed by atoms with Crippen LogP contribution in [0.15, 0.2) is 58.3 Å². The van der Waals surface area contributed by atoms with E-state index in [1.54, 1.807) is 35.0 Å². The zero-order valence-corrected chi connectivity index (χ0v) is 17.7. The Morgan fingerprint density at radius 1 is 1.16 bits per heavy atom. The van der Waals surface area contributed by atoms with E-state index in [2.05, 4.69) is 20.2 Å². The molecule has 32 heavy (non-hydrogen) atoms. The Kier molecular flexibility index (Phi) is 5.50. The van der Waals surface area contributed by atoms with E-state index in [4.69, 9.17) is 4.52 Å². The summed E-state index contributed by atoms with van der Waals surface area (Å²) in [4.78, 5) is 11.0. The van der Waals surface area contributed by atoms with E-state index in [0.717, 1.165) is 25.9 Å². The second-order valence-electron chi connectivity index (χ2n) is 7.37. The monoisotopic (exact) mass is 454 g/mol. The molecule has 1 atom stereocenters. The summed E-state index contributed by atoms with van der Waals surface area (Å²) < 4.78 is 42.3. The Bertz CT molecular complexity index is 1270. The number of hydrogen-bond acceptors (Lipinski definition) is 7. The van der Waals surface area contributed by atoms with E-state index in [9.17, 15) is 13.2 Å². The van der Waals surface area contributed by atoms with Crippen LogP contribution in [0.4, 0.5) is 10.2 Å². The summed E-state index contributed by atoms with van der Waals surface area (Å²) >= 11 is -2.21. The van der Waals surface area contributed by atoms with Gasteiger partial charge in [-0.25, -0.2) is 18.6 Å². The normalized spacial score (nSPS) is 14.8. The van der Waals surface area contributed by atoms with E-state index in [1.807, 2.05) is 4.90 Å². The van der Waals surface area contributed by atoms with Gasteiger partial charge in [0.25, 0.3) is 0 Å². The molecule has 164 valence electrons. The number of hydrogen-bond donors (Lipinski definition) is 1. The Hall–Kier alpha value is -3.44. The number of rotatable bonds is 6. The summed E-state index contributed by atoms with van der Waals surface area (Å²) in [5.41, 5.74) is 2.05. The Morgan fingerprint density at radius 3 is 2.69 bits per heavy atom. The molecule has 11 heteroatoms. The van der Waals surface area contributed by atoms with Crippen molar-refractivity contribution in [3.63, 3.8) is 0 Å². The van der Waals surface area contributed by atoms with Crippen molar-refractivity contribution in [2.75, 3.05) is 18.0 Å². The molecule has 1 aliphatic heterocycles. The fourth-order valence-electron chi connectivity index (χ4n) is 3.75. The third-order valence-electron chi connectivity index (χ3n) is 5.32. The second kappa shape index (κ2) is 8.60. The molecule has 0 radical (unpaired) electrons. The van der Waals surface area contributed by atoms with Gasteiger partial charge in [0.05, 0.1) is 18.4 Å². The lowest BCUT2D eigenvalue weighted by molar-refractivity contribution is 0.421. The summed E-state index contributed by atoms with van der Waals surface area (Å²) in [6.45, 7) is 1.69. The molecule has 4 heterocycles. The van der Waals surface area contributed by atoms with Gasteiger partial charge in [-0.05, 0) is 25.0 Å². The smallest absolute Gasteiger partial charge is 0.191 e. The Labute approximate surface area is 185 Å². The maximum absolute atomic E-state index is 14.3. The number of anilines is 1. The molecule has 1 aliphatic rings. The van der Waals surface area contributed by atoms with Crippen LogP contribution in [0.2, 0.25) is 0 Å². The molecule has 1 unspecified atom stereocenters. The molecule has 1 N–H and O–H groups in total. The maximum Gasteiger partial charge on any atom is 0.191 e. The maximum atomic E-state index is 14.3. The molecular weight excluding hydrogens is 435 g/mol. The van der Waals surface area contributed by atoms with Crippen LogP contribution in [0.5, 0.6) is 0 Å². The molecule has 0 bridgehead atoms. The number of nitrogens with zero attached hydrogens (tertiary/aromatic N) is 6. The van der Waals surface area contributed by atoms with Gasteiger partial charge < -0.3 is 14.0 Å². The molecule has 0 amide bonds. The highest BCUT2D eigenvalue weighted by Crippen LogP contribution is 2.29. The minimum atomic E-state index is -2.21. The molecule has 9 nitrogen and oxygen atoms in total. The molecule has 1 fully saturated rings. The van der Waals surface area contributed by atoms with Crippen molar-refractivity contribution < 1.29 is 17.7 Å². The van der Waals surface area contributed by atoms with Crippen LogP contribution in [0, 0.1) is 5.82 Å². The summed E-state index contributed by atoms with van der Waals surface area (Å²) in [5.74, 6) is 0.399. The van der Waals surface area contributed by atoms with E-state index >= 15 is 0 Å². The van der Waals surface area contributed by atoms with Gasteiger partial charge in [0.1, 0.15) is 28.4 Å². The Balaban J connectivity index is 1.59. The molecule has 0 spiro atoms. The number of benzene rings is 1. The summed E-state index contributed by atoms with van der Waals surface area (Å²) in [6.07, 6.45) is 4.79. The SMILES string of the molecule is O=S(O)c1cnc(-c2cc(-c3ccon3)n(Cc3ccccc3F)n2)nc1N1CCCC1. The first-order chi connectivity index (χ1) is 15.6. The first kappa shape index (κ1) is 20.5. The third kappa shape index (κ3) is 3.92. The molecule has 3 aromatic heterocycles. The first-order valence-electron chi connectivity index (χ1n) is 10.1. The van der Waals surface area contributed by atoms with Gasteiger partial charge in [-0.3, -0.25) is 4.68 Å². The second-order valence-corrected chi connectivity index (χ2v) is 8.31. The number of halogens is 1. The highest BCUT2D eigenvalue weighted by molar-refractivity contribution is 7.79.